The molecule has 0 aromatic heterocycles. The van der Waals surface area contributed by atoms with E-state index in [-0.39, 0.29) is 17.9 Å². The maximum absolute atomic E-state index is 11.8. The molecular formula is C10H13BrN2O4S. The molecule has 0 atom stereocenters. The molecule has 18 heavy (non-hydrogen) atoms. The Bertz CT molecular complexity index is 545. The summed E-state index contributed by atoms with van der Waals surface area (Å²) in [6, 6.07) is 4.37. The highest BCUT2D eigenvalue weighted by Crippen LogP contribution is 2.27. The number of halogens is 1. The summed E-state index contributed by atoms with van der Waals surface area (Å²) in [7, 11) is -2.16. The normalized spacial score (nSPS) is 11.2. The fraction of sp³-hybridized carbons (Fsp3) is 0.300. The zero-order valence-electron chi connectivity index (χ0n) is 9.64. The number of sulfonamides is 1. The van der Waals surface area contributed by atoms with Crippen LogP contribution in [0, 0.1) is 0 Å². The molecule has 0 aliphatic rings. The molecule has 0 bridgehead atoms. The minimum absolute atomic E-state index is 0.0265. The third-order valence-corrected chi connectivity index (χ3v) is 4.18. The van der Waals surface area contributed by atoms with E-state index in [1.807, 2.05) is 0 Å². The first kappa shape index (κ1) is 14.9. The number of rotatable bonds is 6. The van der Waals surface area contributed by atoms with Crippen molar-refractivity contribution in [1.82, 2.24) is 4.72 Å². The van der Waals surface area contributed by atoms with Crippen molar-refractivity contribution in [3.8, 4) is 5.75 Å². The van der Waals surface area contributed by atoms with Gasteiger partial charge in [0.2, 0.25) is 15.9 Å². The Kier molecular flexibility index (Phi) is 5.12. The third-order valence-electron chi connectivity index (χ3n) is 2.10. The van der Waals surface area contributed by atoms with Crippen LogP contribution in [-0.4, -0.2) is 28.0 Å². The second-order valence-corrected chi connectivity index (χ2v) is 6.03. The molecule has 0 aliphatic carbocycles. The van der Waals surface area contributed by atoms with Crippen molar-refractivity contribution in [2.75, 3.05) is 13.7 Å². The summed E-state index contributed by atoms with van der Waals surface area (Å²) >= 11 is 3.20. The monoisotopic (exact) mass is 336 g/mol. The average molecular weight is 337 g/mol. The number of benzene rings is 1. The molecule has 0 saturated carbocycles. The van der Waals surface area contributed by atoms with Crippen molar-refractivity contribution in [1.29, 1.82) is 0 Å². The van der Waals surface area contributed by atoms with Crippen molar-refractivity contribution in [2.45, 2.75) is 11.3 Å². The Labute approximate surface area is 114 Å². The summed E-state index contributed by atoms with van der Waals surface area (Å²) in [5, 5.41) is 0. The number of hydrogen-bond donors (Lipinski definition) is 2. The number of methoxy groups -OCH3 is 1. The first-order valence-corrected chi connectivity index (χ1v) is 7.26. The SMILES string of the molecule is COc1ccc(S(=O)(=O)NCCC(N)=O)cc1Br. The second kappa shape index (κ2) is 6.17. The highest BCUT2D eigenvalue weighted by molar-refractivity contribution is 9.10. The maximum Gasteiger partial charge on any atom is 0.240 e. The van der Waals surface area contributed by atoms with E-state index < -0.39 is 15.9 Å². The zero-order chi connectivity index (χ0) is 13.8. The van der Waals surface area contributed by atoms with Gasteiger partial charge in [0.25, 0.3) is 0 Å². The van der Waals surface area contributed by atoms with Crippen LogP contribution in [0.3, 0.4) is 0 Å². The first-order chi connectivity index (χ1) is 8.36. The van der Waals surface area contributed by atoms with Crippen molar-refractivity contribution in [2.24, 2.45) is 5.73 Å². The topological polar surface area (TPSA) is 98.5 Å². The molecule has 0 heterocycles. The van der Waals surface area contributed by atoms with Crippen molar-refractivity contribution >= 4 is 31.9 Å². The molecule has 1 aromatic carbocycles. The van der Waals surface area contributed by atoms with Crippen LogP contribution in [0.1, 0.15) is 6.42 Å². The fourth-order valence-electron chi connectivity index (χ4n) is 1.21. The van der Waals surface area contributed by atoms with Crippen LogP contribution in [0.2, 0.25) is 0 Å². The Balaban J connectivity index is 2.85. The number of carbonyl (C=O) groups is 1. The Morgan fingerprint density at radius 2 is 2.17 bits per heavy atom. The summed E-state index contributed by atoms with van der Waals surface area (Å²) in [6.07, 6.45) is -0.0451. The number of primary amides is 1. The van der Waals surface area contributed by atoms with Crippen molar-refractivity contribution < 1.29 is 17.9 Å². The molecule has 0 radical (unpaired) electrons. The highest BCUT2D eigenvalue weighted by Gasteiger charge is 2.15. The molecule has 3 N–H and O–H groups in total. The minimum Gasteiger partial charge on any atom is -0.496 e. The average Bonchev–Trinajstić information content (AvgIpc) is 2.28. The van der Waals surface area contributed by atoms with E-state index >= 15 is 0 Å². The van der Waals surface area contributed by atoms with Gasteiger partial charge in [0.1, 0.15) is 5.75 Å². The van der Waals surface area contributed by atoms with E-state index in [9.17, 15) is 13.2 Å². The summed E-state index contributed by atoms with van der Waals surface area (Å²) in [5.41, 5.74) is 4.92. The smallest absolute Gasteiger partial charge is 0.240 e. The van der Waals surface area contributed by atoms with Crippen LogP contribution in [0.4, 0.5) is 0 Å². The van der Waals surface area contributed by atoms with Crippen LogP contribution in [0.5, 0.6) is 5.75 Å². The Morgan fingerprint density at radius 3 is 2.67 bits per heavy atom. The minimum atomic E-state index is -3.65. The summed E-state index contributed by atoms with van der Waals surface area (Å²) in [5.74, 6) is -0.0281. The molecule has 6 nitrogen and oxygen atoms in total. The van der Waals surface area contributed by atoms with Gasteiger partial charge in [-0.05, 0) is 34.1 Å². The summed E-state index contributed by atoms with van der Waals surface area (Å²) < 4.78 is 31.5. The van der Waals surface area contributed by atoms with Gasteiger partial charge in [-0.1, -0.05) is 0 Å². The molecule has 1 amide bonds. The van der Waals surface area contributed by atoms with Crippen molar-refractivity contribution in [3.63, 3.8) is 0 Å². The number of nitrogens with one attached hydrogen (secondary N) is 1. The van der Waals surface area contributed by atoms with Crippen LogP contribution in [0.15, 0.2) is 27.6 Å². The number of hydrogen-bond acceptors (Lipinski definition) is 4. The fourth-order valence-corrected chi connectivity index (χ4v) is 2.96. The van der Waals surface area contributed by atoms with Gasteiger partial charge in [0.15, 0.2) is 0 Å². The molecule has 1 aromatic rings. The molecule has 0 aliphatic heterocycles. The lowest BCUT2D eigenvalue weighted by Crippen LogP contribution is -2.28. The van der Waals surface area contributed by atoms with Crippen LogP contribution >= 0.6 is 15.9 Å². The summed E-state index contributed by atoms with van der Waals surface area (Å²) in [6.45, 7) is -0.0265. The molecular weight excluding hydrogens is 324 g/mol. The van der Waals surface area contributed by atoms with Gasteiger partial charge in [0, 0.05) is 13.0 Å². The van der Waals surface area contributed by atoms with Crippen molar-refractivity contribution in [3.05, 3.63) is 22.7 Å². The Hall–Kier alpha value is -1.12. The van der Waals surface area contributed by atoms with Gasteiger partial charge >= 0.3 is 0 Å². The lowest BCUT2D eigenvalue weighted by atomic mass is 10.3. The second-order valence-electron chi connectivity index (χ2n) is 3.41. The predicted molar refractivity (Wildman–Crippen MR) is 69.7 cm³/mol. The van der Waals surface area contributed by atoms with E-state index in [0.29, 0.717) is 10.2 Å². The number of carbonyl (C=O) groups excluding carboxylic acids is 1. The largest absolute Gasteiger partial charge is 0.496 e. The first-order valence-electron chi connectivity index (χ1n) is 4.98. The van der Waals surface area contributed by atoms with E-state index in [1.54, 1.807) is 0 Å². The maximum atomic E-state index is 11.8. The van der Waals surface area contributed by atoms with Gasteiger partial charge in [-0.2, -0.15) is 0 Å². The molecule has 0 unspecified atom stereocenters. The van der Waals surface area contributed by atoms with E-state index in [4.69, 9.17) is 10.5 Å². The molecule has 0 spiro atoms. The van der Waals surface area contributed by atoms with Gasteiger partial charge in [-0.15, -0.1) is 0 Å². The molecule has 0 saturated heterocycles. The van der Waals surface area contributed by atoms with Gasteiger partial charge in [-0.3, -0.25) is 4.79 Å². The van der Waals surface area contributed by atoms with Crippen LogP contribution in [-0.2, 0) is 14.8 Å². The quantitative estimate of drug-likeness (QED) is 0.795. The lowest BCUT2D eigenvalue weighted by molar-refractivity contribution is -0.117. The zero-order valence-corrected chi connectivity index (χ0v) is 12.0. The van der Waals surface area contributed by atoms with Gasteiger partial charge in [-0.25, -0.2) is 13.1 Å². The van der Waals surface area contributed by atoms with Crippen LogP contribution < -0.4 is 15.2 Å². The van der Waals surface area contributed by atoms with E-state index in [0.717, 1.165) is 0 Å². The predicted octanol–water partition coefficient (Wildman–Crippen LogP) is 0.611. The lowest BCUT2D eigenvalue weighted by Gasteiger charge is -2.08. The molecule has 0 fully saturated rings. The Morgan fingerprint density at radius 1 is 1.50 bits per heavy atom. The molecule has 1 rings (SSSR count). The van der Waals surface area contributed by atoms with E-state index in [2.05, 4.69) is 20.7 Å². The van der Waals surface area contributed by atoms with Gasteiger partial charge in [0.05, 0.1) is 16.5 Å². The molecule has 100 valence electrons. The number of amides is 1. The number of ether oxygens (including phenoxy) is 1. The summed E-state index contributed by atoms with van der Waals surface area (Å²) in [4.78, 5) is 10.6. The third kappa shape index (κ3) is 3.97. The number of nitrogens with two attached hydrogens (primary N) is 1. The molecule has 8 heteroatoms. The van der Waals surface area contributed by atoms with E-state index in [1.165, 1.54) is 25.3 Å². The highest BCUT2D eigenvalue weighted by atomic mass is 79.9. The van der Waals surface area contributed by atoms with Crippen LogP contribution in [0.25, 0.3) is 0 Å². The standard InChI is InChI=1S/C10H13BrN2O4S/c1-17-9-3-2-7(6-8(9)11)18(15,16)13-5-4-10(12)14/h2-3,6,13H,4-5H2,1H3,(H2,12,14). The van der Waals surface area contributed by atoms with Gasteiger partial charge < -0.3 is 10.5 Å².